The largest absolute Gasteiger partial charge is 0.343 e. The van der Waals surface area contributed by atoms with Crippen LogP contribution in [-0.2, 0) is 16.6 Å². The van der Waals surface area contributed by atoms with E-state index in [9.17, 15) is 4.79 Å². The third-order valence-electron chi connectivity index (χ3n) is 2.93. The molecule has 1 amide bonds. The molecule has 0 bridgehead atoms. The molecule has 0 heterocycles. The number of carbonyl (C=O) groups excluding carboxylic acids is 1. The van der Waals surface area contributed by atoms with Crippen molar-refractivity contribution in [2.24, 2.45) is 0 Å². The van der Waals surface area contributed by atoms with Crippen molar-refractivity contribution in [2.45, 2.75) is 39.5 Å². The molecule has 0 aliphatic heterocycles. The standard InChI is InChI=1S/C15H20N2O/c1-11-5-6-13(15(2,3)4)9-12(11)10-14(18)17-8-7-16/h5-6,9H,8,10H2,1-4H3,(H,17,18). The Labute approximate surface area is 109 Å². The van der Waals surface area contributed by atoms with Crippen LogP contribution in [0.3, 0.4) is 0 Å². The van der Waals surface area contributed by atoms with E-state index in [0.29, 0.717) is 6.42 Å². The molecule has 1 N–H and O–H groups in total. The quantitative estimate of drug-likeness (QED) is 0.830. The van der Waals surface area contributed by atoms with Crippen LogP contribution in [0.5, 0.6) is 0 Å². The topological polar surface area (TPSA) is 52.9 Å². The van der Waals surface area contributed by atoms with E-state index in [0.717, 1.165) is 11.1 Å². The molecule has 0 spiro atoms. The lowest BCUT2D eigenvalue weighted by Gasteiger charge is -2.20. The lowest BCUT2D eigenvalue weighted by molar-refractivity contribution is -0.120. The van der Waals surface area contributed by atoms with Crippen molar-refractivity contribution >= 4 is 5.91 Å². The van der Waals surface area contributed by atoms with E-state index in [4.69, 9.17) is 5.26 Å². The van der Waals surface area contributed by atoms with Crippen LogP contribution >= 0.6 is 0 Å². The summed E-state index contributed by atoms with van der Waals surface area (Å²) in [6.07, 6.45) is 0.331. The van der Waals surface area contributed by atoms with Crippen LogP contribution in [0.15, 0.2) is 18.2 Å². The van der Waals surface area contributed by atoms with Crippen molar-refractivity contribution < 1.29 is 4.79 Å². The van der Waals surface area contributed by atoms with Gasteiger partial charge in [-0.1, -0.05) is 39.0 Å². The zero-order chi connectivity index (χ0) is 13.8. The summed E-state index contributed by atoms with van der Waals surface area (Å²) in [6.45, 7) is 8.52. The van der Waals surface area contributed by atoms with Gasteiger partial charge in [0.2, 0.25) is 5.91 Å². The lowest BCUT2D eigenvalue weighted by Crippen LogP contribution is -2.25. The normalized spacial score (nSPS) is 10.8. The Morgan fingerprint density at radius 1 is 1.39 bits per heavy atom. The molecule has 1 rings (SSSR count). The van der Waals surface area contributed by atoms with E-state index in [-0.39, 0.29) is 17.9 Å². The van der Waals surface area contributed by atoms with Crippen LogP contribution in [0, 0.1) is 18.3 Å². The van der Waals surface area contributed by atoms with Gasteiger partial charge in [0.1, 0.15) is 6.54 Å². The zero-order valence-electron chi connectivity index (χ0n) is 11.5. The molecule has 0 saturated carbocycles. The first-order valence-corrected chi connectivity index (χ1v) is 6.08. The third kappa shape index (κ3) is 3.89. The number of nitriles is 1. The smallest absolute Gasteiger partial charge is 0.225 e. The summed E-state index contributed by atoms with van der Waals surface area (Å²) in [4.78, 5) is 11.6. The first-order chi connectivity index (χ1) is 8.34. The van der Waals surface area contributed by atoms with Gasteiger partial charge in [-0.15, -0.1) is 0 Å². The van der Waals surface area contributed by atoms with Crippen molar-refractivity contribution in [2.75, 3.05) is 6.54 Å². The Morgan fingerprint density at radius 3 is 2.61 bits per heavy atom. The average molecular weight is 244 g/mol. The Balaban J connectivity index is 2.89. The highest BCUT2D eigenvalue weighted by Crippen LogP contribution is 2.24. The van der Waals surface area contributed by atoms with Crippen LogP contribution in [0.1, 0.15) is 37.5 Å². The fourth-order valence-corrected chi connectivity index (χ4v) is 1.70. The fraction of sp³-hybridized carbons (Fsp3) is 0.467. The minimum absolute atomic E-state index is 0.0663. The maximum Gasteiger partial charge on any atom is 0.225 e. The van der Waals surface area contributed by atoms with Crippen molar-refractivity contribution in [1.29, 1.82) is 5.26 Å². The van der Waals surface area contributed by atoms with Crippen LogP contribution in [0.2, 0.25) is 0 Å². The molecule has 0 atom stereocenters. The van der Waals surface area contributed by atoms with Gasteiger partial charge in [0.15, 0.2) is 0 Å². The number of amides is 1. The molecular formula is C15H20N2O. The molecule has 18 heavy (non-hydrogen) atoms. The van der Waals surface area contributed by atoms with Crippen molar-refractivity contribution in [3.05, 3.63) is 34.9 Å². The number of nitrogens with one attached hydrogen (secondary N) is 1. The van der Waals surface area contributed by atoms with E-state index >= 15 is 0 Å². The molecule has 0 aromatic heterocycles. The number of hydrogen-bond acceptors (Lipinski definition) is 2. The molecule has 3 heteroatoms. The number of benzene rings is 1. The van der Waals surface area contributed by atoms with Gasteiger partial charge in [0.05, 0.1) is 12.5 Å². The van der Waals surface area contributed by atoms with E-state index in [2.05, 4.69) is 38.2 Å². The monoisotopic (exact) mass is 244 g/mol. The summed E-state index contributed by atoms with van der Waals surface area (Å²) >= 11 is 0. The van der Waals surface area contributed by atoms with E-state index < -0.39 is 0 Å². The number of rotatable bonds is 3. The fourth-order valence-electron chi connectivity index (χ4n) is 1.70. The maximum absolute atomic E-state index is 11.6. The summed E-state index contributed by atoms with van der Waals surface area (Å²) in [5.41, 5.74) is 3.43. The molecule has 0 saturated heterocycles. The minimum atomic E-state index is -0.106. The Morgan fingerprint density at radius 2 is 2.06 bits per heavy atom. The van der Waals surface area contributed by atoms with Crippen LogP contribution < -0.4 is 5.32 Å². The molecule has 0 fully saturated rings. The molecule has 1 aromatic rings. The number of nitrogens with zero attached hydrogens (tertiary/aromatic N) is 1. The summed E-state index contributed by atoms with van der Waals surface area (Å²) in [6, 6.07) is 8.14. The second-order valence-electron chi connectivity index (χ2n) is 5.50. The predicted octanol–water partition coefficient (Wildman–Crippen LogP) is 2.47. The summed E-state index contributed by atoms with van der Waals surface area (Å²) in [7, 11) is 0. The Hall–Kier alpha value is -1.82. The van der Waals surface area contributed by atoms with Gasteiger partial charge >= 0.3 is 0 Å². The van der Waals surface area contributed by atoms with Crippen LogP contribution in [0.4, 0.5) is 0 Å². The number of hydrogen-bond donors (Lipinski definition) is 1. The number of carbonyl (C=O) groups is 1. The summed E-state index contributed by atoms with van der Waals surface area (Å²) in [5, 5.41) is 11.0. The lowest BCUT2D eigenvalue weighted by atomic mass is 9.85. The second kappa shape index (κ2) is 5.68. The number of aryl methyl sites for hydroxylation is 1. The van der Waals surface area contributed by atoms with Gasteiger partial charge in [0, 0.05) is 0 Å². The molecule has 0 unspecified atom stereocenters. The summed E-state index contributed by atoms with van der Waals surface area (Å²) in [5.74, 6) is -0.106. The maximum atomic E-state index is 11.6. The van der Waals surface area contributed by atoms with Gasteiger partial charge in [-0.25, -0.2) is 0 Å². The highest BCUT2D eigenvalue weighted by atomic mass is 16.1. The van der Waals surface area contributed by atoms with Gasteiger partial charge < -0.3 is 5.32 Å². The highest BCUT2D eigenvalue weighted by molar-refractivity contribution is 5.79. The van der Waals surface area contributed by atoms with E-state index in [1.165, 1.54) is 5.56 Å². The van der Waals surface area contributed by atoms with Gasteiger partial charge in [-0.2, -0.15) is 5.26 Å². The molecular weight excluding hydrogens is 224 g/mol. The van der Waals surface area contributed by atoms with Crippen molar-refractivity contribution in [3.8, 4) is 6.07 Å². The molecule has 1 aromatic carbocycles. The Kier molecular flexibility index (Phi) is 4.49. The van der Waals surface area contributed by atoms with Crippen molar-refractivity contribution in [1.82, 2.24) is 5.32 Å². The van der Waals surface area contributed by atoms with E-state index in [1.807, 2.05) is 19.1 Å². The van der Waals surface area contributed by atoms with Crippen LogP contribution in [-0.4, -0.2) is 12.5 Å². The van der Waals surface area contributed by atoms with E-state index in [1.54, 1.807) is 0 Å². The molecule has 0 radical (unpaired) electrons. The Bertz CT molecular complexity index is 478. The summed E-state index contributed by atoms with van der Waals surface area (Å²) < 4.78 is 0. The van der Waals surface area contributed by atoms with Crippen molar-refractivity contribution in [3.63, 3.8) is 0 Å². The first-order valence-electron chi connectivity index (χ1n) is 6.08. The minimum Gasteiger partial charge on any atom is -0.343 e. The molecule has 0 aliphatic rings. The van der Waals surface area contributed by atoms with Crippen LogP contribution in [0.25, 0.3) is 0 Å². The molecule has 0 aliphatic carbocycles. The zero-order valence-corrected chi connectivity index (χ0v) is 11.5. The highest BCUT2D eigenvalue weighted by Gasteiger charge is 2.15. The van der Waals surface area contributed by atoms with Gasteiger partial charge in [0.25, 0.3) is 0 Å². The second-order valence-corrected chi connectivity index (χ2v) is 5.50. The third-order valence-corrected chi connectivity index (χ3v) is 2.93. The first kappa shape index (κ1) is 14.2. The van der Waals surface area contributed by atoms with Gasteiger partial charge in [-0.3, -0.25) is 4.79 Å². The molecule has 3 nitrogen and oxygen atoms in total. The predicted molar refractivity (Wildman–Crippen MR) is 72.2 cm³/mol. The SMILES string of the molecule is Cc1ccc(C(C)(C)C)cc1CC(=O)NCC#N. The van der Waals surface area contributed by atoms with Gasteiger partial charge in [-0.05, 0) is 29.0 Å². The average Bonchev–Trinajstić information content (AvgIpc) is 2.28. The molecule has 96 valence electrons.